The van der Waals surface area contributed by atoms with Crippen molar-refractivity contribution >= 4 is 10.0 Å². The number of aromatic amines is 1. The van der Waals surface area contributed by atoms with Crippen LogP contribution >= 0.6 is 0 Å². The summed E-state index contributed by atoms with van der Waals surface area (Å²) >= 11 is 0. The van der Waals surface area contributed by atoms with Gasteiger partial charge in [0.05, 0.1) is 28.9 Å². The summed E-state index contributed by atoms with van der Waals surface area (Å²) in [6.07, 6.45) is 3.89. The Bertz CT molecular complexity index is 1460. The number of H-pyrrole nitrogens is 1. The quantitative estimate of drug-likeness (QED) is 0.390. The number of nitrogens with zero attached hydrogens (tertiary/aromatic N) is 2. The molecule has 1 saturated carbocycles. The lowest BCUT2D eigenvalue weighted by Crippen LogP contribution is -2.36. The van der Waals surface area contributed by atoms with Gasteiger partial charge in [-0.05, 0) is 85.0 Å². The normalized spacial score (nSPS) is 25.8. The van der Waals surface area contributed by atoms with E-state index in [0.717, 1.165) is 66.2 Å². The summed E-state index contributed by atoms with van der Waals surface area (Å²) in [4.78, 5) is 8.31. The first kappa shape index (κ1) is 25.4. The summed E-state index contributed by atoms with van der Waals surface area (Å²) in [6.45, 7) is 2.51. The Morgan fingerprint density at radius 3 is 2.68 bits per heavy atom. The molecule has 0 radical (unpaired) electrons. The van der Waals surface area contributed by atoms with Gasteiger partial charge in [-0.1, -0.05) is 6.92 Å². The van der Waals surface area contributed by atoms with Crippen molar-refractivity contribution in [3.05, 3.63) is 76.4 Å². The highest BCUT2D eigenvalue weighted by atomic mass is 32.2. The molecule has 38 heavy (non-hydrogen) atoms. The van der Waals surface area contributed by atoms with Gasteiger partial charge in [-0.15, -0.1) is 0 Å². The Hall–Kier alpha value is -2.86. The molecule has 202 valence electrons. The molecule has 2 aliphatic heterocycles. The van der Waals surface area contributed by atoms with E-state index in [1.165, 1.54) is 22.5 Å². The van der Waals surface area contributed by atoms with Crippen LogP contribution in [0.2, 0.25) is 0 Å². The summed E-state index contributed by atoms with van der Waals surface area (Å²) < 4.78 is 55.1. The van der Waals surface area contributed by atoms with Crippen molar-refractivity contribution < 1.29 is 22.3 Å². The summed E-state index contributed by atoms with van der Waals surface area (Å²) in [7, 11) is -3.75. The Kier molecular flexibility index (Phi) is 6.50. The minimum atomic E-state index is -3.75. The van der Waals surface area contributed by atoms with Gasteiger partial charge in [0.15, 0.2) is 11.6 Å². The standard InChI is InChI=1S/C27H31F2N5O3S/c1-2-15-12-25(35)21(29)13-20(15)16-3-8-19-23(11-16)32-33-26(19)27-30-22-9-10-34(14-24(22)31-27)38(36,37)18-6-4-17(28)5-7-18/h4-7,12-13,16,19,23,26,32-33,35H,2-3,8-11,14H2,1H3,(H,30,31). The number of aromatic nitrogens is 2. The lowest BCUT2D eigenvalue weighted by atomic mass is 9.73. The molecule has 3 aliphatic rings. The van der Waals surface area contributed by atoms with E-state index >= 15 is 0 Å². The minimum absolute atomic E-state index is 0.0455. The van der Waals surface area contributed by atoms with Crippen molar-refractivity contribution in [2.45, 2.75) is 68.5 Å². The van der Waals surface area contributed by atoms with Gasteiger partial charge in [0, 0.05) is 19.0 Å². The number of rotatable bonds is 5. The number of aryl methyl sites for hydroxylation is 1. The molecule has 8 nitrogen and oxygen atoms in total. The van der Waals surface area contributed by atoms with Gasteiger partial charge in [0.2, 0.25) is 10.0 Å². The largest absolute Gasteiger partial charge is 0.505 e. The maximum atomic E-state index is 14.2. The first-order valence-corrected chi connectivity index (χ1v) is 14.5. The number of sulfonamides is 1. The topological polar surface area (TPSA) is 110 Å². The van der Waals surface area contributed by atoms with Gasteiger partial charge in [-0.3, -0.25) is 5.43 Å². The Balaban J connectivity index is 1.17. The zero-order chi connectivity index (χ0) is 26.6. The monoisotopic (exact) mass is 543 g/mol. The second-order valence-corrected chi connectivity index (χ2v) is 12.4. The van der Waals surface area contributed by atoms with Gasteiger partial charge in [0.1, 0.15) is 11.6 Å². The average Bonchev–Trinajstić information content (AvgIpc) is 3.53. The number of fused-ring (bicyclic) bond motifs is 2. The lowest BCUT2D eigenvalue weighted by Gasteiger charge is -2.33. The SMILES string of the molecule is CCc1cc(O)c(F)cc1C1CCC2C(C1)NNC2c1nc2c([nH]1)CN(S(=O)(=O)c1ccc(F)cc1)CC2. The molecule has 1 saturated heterocycles. The van der Waals surface area contributed by atoms with Gasteiger partial charge in [0.25, 0.3) is 0 Å². The molecule has 0 amide bonds. The summed E-state index contributed by atoms with van der Waals surface area (Å²) in [5.74, 6) is -0.0833. The van der Waals surface area contributed by atoms with Crippen LogP contribution in [0.5, 0.6) is 5.75 Å². The highest BCUT2D eigenvalue weighted by Crippen LogP contribution is 2.44. The molecule has 0 bridgehead atoms. The first-order chi connectivity index (χ1) is 18.2. The molecule has 2 aromatic carbocycles. The van der Waals surface area contributed by atoms with Crippen molar-refractivity contribution in [3.8, 4) is 5.75 Å². The van der Waals surface area contributed by atoms with Gasteiger partial charge in [-0.2, -0.15) is 4.31 Å². The third-order valence-corrected chi connectivity index (χ3v) is 10.2. The van der Waals surface area contributed by atoms with Crippen LogP contribution in [0.1, 0.15) is 66.5 Å². The number of benzene rings is 2. The molecule has 4 atom stereocenters. The first-order valence-electron chi connectivity index (χ1n) is 13.1. The maximum Gasteiger partial charge on any atom is 0.243 e. The predicted molar refractivity (Wildman–Crippen MR) is 137 cm³/mol. The van der Waals surface area contributed by atoms with Crippen molar-refractivity contribution in [2.75, 3.05) is 6.54 Å². The fraction of sp³-hybridized carbons (Fsp3) is 0.444. The Labute approximate surface area is 220 Å². The molecular weight excluding hydrogens is 512 g/mol. The smallest absolute Gasteiger partial charge is 0.243 e. The number of phenolic OH excluding ortho intramolecular Hbond substituents is 1. The summed E-state index contributed by atoms with van der Waals surface area (Å²) in [5, 5.41) is 9.81. The molecule has 3 aromatic rings. The second kappa shape index (κ2) is 9.71. The highest BCUT2D eigenvalue weighted by molar-refractivity contribution is 7.89. The molecule has 0 spiro atoms. The van der Waals surface area contributed by atoms with Crippen LogP contribution in [0.3, 0.4) is 0 Å². The number of phenols is 1. The molecule has 2 fully saturated rings. The van der Waals surface area contributed by atoms with Crippen molar-refractivity contribution in [3.63, 3.8) is 0 Å². The van der Waals surface area contributed by atoms with Gasteiger partial charge < -0.3 is 10.1 Å². The number of hydrazine groups is 1. The number of hydrogen-bond donors (Lipinski definition) is 4. The summed E-state index contributed by atoms with van der Waals surface area (Å²) in [6, 6.07) is 8.06. The minimum Gasteiger partial charge on any atom is -0.505 e. The molecule has 6 rings (SSSR count). The van der Waals surface area contributed by atoms with Gasteiger partial charge in [-0.25, -0.2) is 27.6 Å². The van der Waals surface area contributed by atoms with Crippen molar-refractivity contribution in [1.82, 2.24) is 25.1 Å². The van der Waals surface area contributed by atoms with Crippen LogP contribution in [-0.4, -0.2) is 40.4 Å². The Morgan fingerprint density at radius 2 is 1.92 bits per heavy atom. The fourth-order valence-electron chi connectivity index (χ4n) is 6.32. The van der Waals surface area contributed by atoms with E-state index in [4.69, 9.17) is 4.98 Å². The number of aromatic hydroxyl groups is 1. The molecular formula is C27H31F2N5O3S. The van der Waals surface area contributed by atoms with E-state index in [0.29, 0.717) is 13.0 Å². The van der Waals surface area contributed by atoms with E-state index < -0.39 is 21.7 Å². The van der Waals surface area contributed by atoms with E-state index in [2.05, 4.69) is 15.8 Å². The fourth-order valence-corrected chi connectivity index (χ4v) is 7.73. The van der Waals surface area contributed by atoms with Crippen LogP contribution in [0.25, 0.3) is 0 Å². The Morgan fingerprint density at radius 1 is 1.13 bits per heavy atom. The molecule has 1 aromatic heterocycles. The molecule has 3 heterocycles. The number of imidazole rings is 1. The highest BCUT2D eigenvalue weighted by Gasteiger charge is 2.43. The maximum absolute atomic E-state index is 14.2. The van der Waals surface area contributed by atoms with Crippen molar-refractivity contribution in [2.24, 2.45) is 5.92 Å². The molecule has 1 aliphatic carbocycles. The molecule has 4 N–H and O–H groups in total. The van der Waals surface area contributed by atoms with Crippen LogP contribution in [0.4, 0.5) is 8.78 Å². The summed E-state index contributed by atoms with van der Waals surface area (Å²) in [5.41, 5.74) is 10.4. The van der Waals surface area contributed by atoms with E-state index in [1.54, 1.807) is 6.07 Å². The third kappa shape index (κ3) is 4.41. The van der Waals surface area contributed by atoms with Gasteiger partial charge >= 0.3 is 0 Å². The van der Waals surface area contributed by atoms with Crippen LogP contribution in [0, 0.1) is 17.6 Å². The second-order valence-electron chi connectivity index (χ2n) is 10.5. The van der Waals surface area contributed by atoms with E-state index in [-0.39, 0.29) is 41.1 Å². The number of nitrogens with one attached hydrogen (secondary N) is 3. The third-order valence-electron chi connectivity index (χ3n) is 8.35. The average molecular weight is 544 g/mol. The van der Waals surface area contributed by atoms with Crippen LogP contribution in [0.15, 0.2) is 41.3 Å². The molecule has 4 unspecified atom stereocenters. The zero-order valence-corrected chi connectivity index (χ0v) is 21.9. The number of hydrogen-bond acceptors (Lipinski definition) is 6. The predicted octanol–water partition coefficient (Wildman–Crippen LogP) is 3.80. The van der Waals surface area contributed by atoms with Crippen LogP contribution in [-0.2, 0) is 29.4 Å². The number of halogens is 2. The molecule has 11 heteroatoms. The lowest BCUT2D eigenvalue weighted by molar-refractivity contribution is 0.276. The van der Waals surface area contributed by atoms with E-state index in [1.807, 2.05) is 6.92 Å². The van der Waals surface area contributed by atoms with Crippen LogP contribution < -0.4 is 10.9 Å². The zero-order valence-electron chi connectivity index (χ0n) is 21.0. The van der Waals surface area contributed by atoms with E-state index in [9.17, 15) is 22.3 Å². The van der Waals surface area contributed by atoms with Crippen molar-refractivity contribution in [1.29, 1.82) is 0 Å².